The number of quaternary nitrogens is 3. The van der Waals surface area contributed by atoms with Crippen molar-refractivity contribution >= 4 is 54.0 Å². The van der Waals surface area contributed by atoms with Crippen molar-refractivity contribution in [2.45, 2.75) is 0 Å². The van der Waals surface area contributed by atoms with Gasteiger partial charge in [0.05, 0.1) is 0 Å². The van der Waals surface area contributed by atoms with Gasteiger partial charge in [-0.2, -0.15) is 0 Å². The quantitative estimate of drug-likeness (QED) is 0.557. The van der Waals surface area contributed by atoms with Gasteiger partial charge in [-0.05, 0) is 0 Å². The first kappa shape index (κ1) is 223. The minimum atomic E-state index is 0. The molecular weight excluding hydrogens is 221 g/mol. The predicted octanol–water partition coefficient (Wildman–Crippen LogP) is 1.12. The summed E-state index contributed by atoms with van der Waals surface area (Å²) in [5, 5.41) is 0. The molecule has 0 rings (SSSR count). The third kappa shape index (κ3) is 107. The molecule has 0 aliphatic carbocycles. The van der Waals surface area contributed by atoms with Crippen molar-refractivity contribution in [1.29, 1.82) is 0 Å². The summed E-state index contributed by atoms with van der Waals surface area (Å²) in [4.78, 5) is 0. The van der Waals surface area contributed by atoms with Crippen LogP contribution in [-0.4, -0.2) is 0 Å². The molecule has 3 nitrogen and oxygen atoms in total. The largest absolute Gasteiger partial charge is 2.00 e. The van der Waals surface area contributed by atoms with E-state index in [0.29, 0.717) is 0 Å². The summed E-state index contributed by atoms with van der Waals surface area (Å²) in [5.74, 6) is 0. The first-order chi connectivity index (χ1) is 0. The fraction of sp³-hybridized carbons (Fsp3) is 0. The van der Waals surface area contributed by atoms with E-state index in [4.69, 9.17) is 0 Å². The average molecular weight is 233 g/mol. The smallest absolute Gasteiger partial charge is 0 e. The van der Waals surface area contributed by atoms with Gasteiger partial charge in [0.2, 0.25) is 0 Å². The van der Waals surface area contributed by atoms with Crippen LogP contribution in [0, 0.1) is 0 Å². The third-order valence-corrected chi connectivity index (χ3v) is 0. The molecule has 0 aliphatic rings. The maximum atomic E-state index is 0. The summed E-state index contributed by atoms with van der Waals surface area (Å²) in [6.45, 7) is 0. The van der Waals surface area contributed by atoms with Crippen LogP contribution in [0.3, 0.4) is 0 Å². The van der Waals surface area contributed by atoms with Crippen molar-refractivity contribution in [2.24, 2.45) is 0 Å². The van der Waals surface area contributed by atoms with Crippen molar-refractivity contribution in [3.05, 3.63) is 0 Å². The molecule has 1 radical (unpaired) electrons. The fourth-order valence-electron chi connectivity index (χ4n) is 0. The zero-order chi connectivity index (χ0) is 0. The molecular formula is H12N3S4V-5. The Morgan fingerprint density at radius 2 is 0.375 bits per heavy atom. The normalized spacial score (nSPS) is 0. The van der Waals surface area contributed by atoms with Crippen LogP contribution in [-0.2, 0) is 72.5 Å². The van der Waals surface area contributed by atoms with Gasteiger partial charge in [0.15, 0.2) is 0 Å². The Bertz CT molecular complexity index is 11.2. The molecule has 8 heteroatoms. The second-order valence-electron chi connectivity index (χ2n) is 0. The number of rotatable bonds is 0. The Balaban J connectivity index is 0. The van der Waals surface area contributed by atoms with Crippen LogP contribution >= 0.6 is 0 Å². The Labute approximate surface area is 90.6 Å². The molecule has 0 bridgehead atoms. The Morgan fingerprint density at radius 3 is 0.375 bits per heavy atom. The summed E-state index contributed by atoms with van der Waals surface area (Å²) in [5.41, 5.74) is 0. The van der Waals surface area contributed by atoms with Gasteiger partial charge in [-0.15, -0.1) is 0 Å². The van der Waals surface area contributed by atoms with Crippen molar-refractivity contribution in [1.82, 2.24) is 18.5 Å². The van der Waals surface area contributed by atoms with Crippen LogP contribution in [0.5, 0.6) is 0 Å². The van der Waals surface area contributed by atoms with Gasteiger partial charge in [0, 0.05) is 18.6 Å². The van der Waals surface area contributed by atoms with E-state index in [0.717, 1.165) is 0 Å². The van der Waals surface area contributed by atoms with E-state index < -0.39 is 0 Å². The maximum absolute atomic E-state index is 0. The van der Waals surface area contributed by atoms with Gasteiger partial charge in [-0.25, -0.2) is 0 Å². The van der Waals surface area contributed by atoms with Gasteiger partial charge in [-0.1, -0.05) is 0 Å². The van der Waals surface area contributed by atoms with Crippen LogP contribution < -0.4 is 18.5 Å². The maximum Gasteiger partial charge on any atom is 0 e. The summed E-state index contributed by atoms with van der Waals surface area (Å²) in [7, 11) is 0. The molecule has 12 N–H and O–H groups in total. The molecule has 0 fully saturated rings. The minimum Gasteiger partial charge on any atom is -2.00 e. The van der Waals surface area contributed by atoms with Gasteiger partial charge in [0.25, 0.3) is 0 Å². The number of hydrogen-bond donors (Lipinski definition) is 3. The van der Waals surface area contributed by atoms with Crippen LogP contribution in [0.15, 0.2) is 0 Å². The predicted molar refractivity (Wildman–Crippen MR) is 47.4 cm³/mol. The molecule has 0 saturated carbocycles. The SMILES string of the molecule is [NH4+].[NH4+].[NH4+].[S-2].[S-2].[S-2].[S-2].[V]. The van der Waals surface area contributed by atoms with E-state index in [-0.39, 0.29) is 91.0 Å². The Morgan fingerprint density at radius 1 is 0.375 bits per heavy atom. The summed E-state index contributed by atoms with van der Waals surface area (Å²) in [6.07, 6.45) is 0. The van der Waals surface area contributed by atoms with Crippen LogP contribution in [0.2, 0.25) is 0 Å². The summed E-state index contributed by atoms with van der Waals surface area (Å²) < 4.78 is 0. The zero-order valence-electron chi connectivity index (χ0n) is 5.08. The topological polar surface area (TPSA) is 110 Å². The van der Waals surface area contributed by atoms with Crippen molar-refractivity contribution in [3.8, 4) is 0 Å². The molecule has 0 spiro atoms. The first-order valence-corrected chi connectivity index (χ1v) is 0. The van der Waals surface area contributed by atoms with Gasteiger partial charge >= 0.3 is 0 Å². The van der Waals surface area contributed by atoms with E-state index in [1.165, 1.54) is 0 Å². The molecule has 0 aromatic rings. The van der Waals surface area contributed by atoms with E-state index in [9.17, 15) is 0 Å². The zero-order valence-corrected chi connectivity index (χ0v) is 9.74. The minimum absolute atomic E-state index is 0. The Kier molecular flexibility index (Phi) is 4400. The van der Waals surface area contributed by atoms with E-state index in [1.54, 1.807) is 0 Å². The van der Waals surface area contributed by atoms with E-state index >= 15 is 0 Å². The molecule has 8 heavy (non-hydrogen) atoms. The van der Waals surface area contributed by atoms with Crippen molar-refractivity contribution in [2.75, 3.05) is 0 Å². The molecule has 0 aromatic carbocycles. The molecule has 61 valence electrons. The fourth-order valence-corrected chi connectivity index (χ4v) is 0. The third-order valence-electron chi connectivity index (χ3n) is 0. The van der Waals surface area contributed by atoms with Gasteiger partial charge < -0.3 is 72.4 Å². The molecule has 0 heterocycles. The molecule has 0 aliphatic heterocycles. The summed E-state index contributed by atoms with van der Waals surface area (Å²) >= 11 is 0. The van der Waals surface area contributed by atoms with Gasteiger partial charge in [-0.3, -0.25) is 0 Å². The second kappa shape index (κ2) is 158. The molecule has 0 saturated heterocycles. The van der Waals surface area contributed by atoms with Crippen LogP contribution in [0.1, 0.15) is 0 Å². The molecule has 0 atom stereocenters. The molecule has 0 aromatic heterocycles. The Hall–Kier alpha value is 1.86. The second-order valence-corrected chi connectivity index (χ2v) is 0. The van der Waals surface area contributed by atoms with Crippen molar-refractivity contribution in [3.63, 3.8) is 0 Å². The van der Waals surface area contributed by atoms with Crippen molar-refractivity contribution < 1.29 is 18.6 Å². The number of hydrogen-bond acceptors (Lipinski definition) is 0. The standard InChI is InChI=1S/3H3N.4S.V/h3*1H3;;;;;/q;;;4*-2;/p+3. The first-order valence-electron chi connectivity index (χ1n) is 0. The van der Waals surface area contributed by atoms with Crippen LogP contribution in [0.4, 0.5) is 0 Å². The van der Waals surface area contributed by atoms with E-state index in [1.807, 2.05) is 0 Å². The van der Waals surface area contributed by atoms with Crippen LogP contribution in [0.25, 0.3) is 0 Å². The summed E-state index contributed by atoms with van der Waals surface area (Å²) in [6, 6.07) is 0. The molecule has 0 amide bonds. The van der Waals surface area contributed by atoms with E-state index in [2.05, 4.69) is 0 Å². The average Bonchev–Trinajstić information content (AvgIpc) is 0. The van der Waals surface area contributed by atoms with Gasteiger partial charge in [0.1, 0.15) is 0 Å². The molecule has 0 unspecified atom stereocenters. The monoisotopic (exact) mass is 233 g/mol.